The minimum atomic E-state index is -0.409. The molecule has 1 amide bonds. The normalized spacial score (nSPS) is 16.9. The molecular formula is C20H21N3O2S. The van der Waals surface area contributed by atoms with Gasteiger partial charge in [-0.05, 0) is 25.8 Å². The molecule has 0 bridgehead atoms. The molecule has 0 spiro atoms. The van der Waals surface area contributed by atoms with Crippen LogP contribution in [0.4, 0.5) is 0 Å². The summed E-state index contributed by atoms with van der Waals surface area (Å²) >= 11 is 1.60. The SMILES string of the molecule is Cc1c(C(N)=O)cc(-c2csc(-c3ccccc3)n2)n1CC1CCCO1. The molecule has 0 saturated carbocycles. The number of nitrogens with two attached hydrogens (primary N) is 1. The van der Waals surface area contributed by atoms with Crippen molar-refractivity contribution in [1.82, 2.24) is 9.55 Å². The van der Waals surface area contributed by atoms with Crippen LogP contribution in [0, 0.1) is 6.92 Å². The summed E-state index contributed by atoms with van der Waals surface area (Å²) in [4.78, 5) is 16.6. The fourth-order valence-electron chi connectivity index (χ4n) is 3.44. The zero-order valence-electron chi connectivity index (χ0n) is 14.6. The van der Waals surface area contributed by atoms with E-state index in [9.17, 15) is 4.79 Å². The van der Waals surface area contributed by atoms with Crippen LogP contribution < -0.4 is 5.73 Å². The predicted molar refractivity (Wildman–Crippen MR) is 103 cm³/mol. The van der Waals surface area contributed by atoms with Gasteiger partial charge in [0.25, 0.3) is 5.91 Å². The Hall–Kier alpha value is -2.44. The van der Waals surface area contributed by atoms with E-state index in [0.29, 0.717) is 12.1 Å². The average Bonchev–Trinajstić information content (AvgIpc) is 3.38. The topological polar surface area (TPSA) is 70.1 Å². The van der Waals surface area contributed by atoms with Crippen LogP contribution >= 0.6 is 11.3 Å². The number of hydrogen-bond acceptors (Lipinski definition) is 4. The first kappa shape index (κ1) is 17.0. The van der Waals surface area contributed by atoms with E-state index < -0.39 is 5.91 Å². The van der Waals surface area contributed by atoms with Gasteiger partial charge in [-0.2, -0.15) is 0 Å². The highest BCUT2D eigenvalue weighted by molar-refractivity contribution is 7.13. The number of aromatic nitrogens is 2. The molecule has 1 fully saturated rings. The van der Waals surface area contributed by atoms with E-state index in [-0.39, 0.29) is 6.10 Å². The summed E-state index contributed by atoms with van der Waals surface area (Å²) in [5, 5.41) is 3.00. The number of amides is 1. The summed E-state index contributed by atoms with van der Waals surface area (Å²) in [6.07, 6.45) is 2.29. The zero-order chi connectivity index (χ0) is 18.1. The number of nitrogens with zero attached hydrogens (tertiary/aromatic N) is 2. The van der Waals surface area contributed by atoms with Crippen molar-refractivity contribution in [2.75, 3.05) is 6.61 Å². The van der Waals surface area contributed by atoms with Gasteiger partial charge in [0.05, 0.1) is 23.1 Å². The monoisotopic (exact) mass is 367 g/mol. The van der Waals surface area contributed by atoms with Gasteiger partial charge in [0.1, 0.15) is 5.01 Å². The molecule has 6 heteroatoms. The van der Waals surface area contributed by atoms with Crippen LogP contribution in [0.2, 0.25) is 0 Å². The first-order chi connectivity index (χ1) is 12.6. The molecule has 1 aromatic carbocycles. The Morgan fingerprint density at radius 2 is 2.19 bits per heavy atom. The van der Waals surface area contributed by atoms with E-state index in [4.69, 9.17) is 15.5 Å². The van der Waals surface area contributed by atoms with Gasteiger partial charge < -0.3 is 15.0 Å². The van der Waals surface area contributed by atoms with Crippen LogP contribution in [0.1, 0.15) is 28.9 Å². The van der Waals surface area contributed by atoms with E-state index in [1.807, 2.05) is 48.7 Å². The Bertz CT molecular complexity index is 924. The quantitative estimate of drug-likeness (QED) is 0.744. The van der Waals surface area contributed by atoms with Crippen molar-refractivity contribution in [2.45, 2.75) is 32.4 Å². The van der Waals surface area contributed by atoms with Gasteiger partial charge in [-0.15, -0.1) is 11.3 Å². The minimum absolute atomic E-state index is 0.174. The Morgan fingerprint density at radius 1 is 1.38 bits per heavy atom. The van der Waals surface area contributed by atoms with Crippen molar-refractivity contribution in [3.63, 3.8) is 0 Å². The van der Waals surface area contributed by atoms with E-state index in [1.165, 1.54) is 0 Å². The summed E-state index contributed by atoms with van der Waals surface area (Å²) in [6, 6.07) is 12.0. The van der Waals surface area contributed by atoms with Crippen LogP contribution in [-0.4, -0.2) is 28.2 Å². The molecule has 26 heavy (non-hydrogen) atoms. The van der Waals surface area contributed by atoms with Crippen molar-refractivity contribution in [3.8, 4) is 22.0 Å². The van der Waals surface area contributed by atoms with Crippen LogP contribution in [-0.2, 0) is 11.3 Å². The molecule has 3 heterocycles. The van der Waals surface area contributed by atoms with Gasteiger partial charge in [-0.25, -0.2) is 4.98 Å². The molecule has 0 radical (unpaired) electrons. The number of primary amides is 1. The van der Waals surface area contributed by atoms with Crippen LogP contribution in [0.3, 0.4) is 0 Å². The van der Waals surface area contributed by atoms with Gasteiger partial charge in [-0.3, -0.25) is 4.79 Å². The Morgan fingerprint density at radius 3 is 2.88 bits per heavy atom. The number of carbonyl (C=O) groups is 1. The van der Waals surface area contributed by atoms with Gasteiger partial charge in [-0.1, -0.05) is 30.3 Å². The van der Waals surface area contributed by atoms with Crippen molar-refractivity contribution in [2.24, 2.45) is 5.73 Å². The number of benzene rings is 1. The first-order valence-electron chi connectivity index (χ1n) is 8.76. The van der Waals surface area contributed by atoms with Gasteiger partial charge in [0.2, 0.25) is 0 Å². The molecule has 1 aliphatic rings. The molecule has 1 atom stereocenters. The van der Waals surface area contributed by atoms with E-state index in [2.05, 4.69) is 4.57 Å². The summed E-state index contributed by atoms with van der Waals surface area (Å²) in [5.74, 6) is -0.409. The first-order valence-corrected chi connectivity index (χ1v) is 9.64. The van der Waals surface area contributed by atoms with Crippen molar-refractivity contribution >= 4 is 17.2 Å². The summed E-state index contributed by atoms with van der Waals surface area (Å²) < 4.78 is 7.92. The second-order valence-corrected chi connectivity index (χ2v) is 7.40. The fraction of sp³-hybridized carbons (Fsp3) is 0.300. The molecule has 4 rings (SSSR count). The summed E-state index contributed by atoms with van der Waals surface area (Å²) in [5.41, 5.74) is 9.87. The second-order valence-electron chi connectivity index (χ2n) is 6.54. The molecule has 2 aromatic heterocycles. The van der Waals surface area contributed by atoms with Crippen molar-refractivity contribution < 1.29 is 9.53 Å². The van der Waals surface area contributed by atoms with Gasteiger partial charge >= 0.3 is 0 Å². The number of carbonyl (C=O) groups excluding carboxylic acids is 1. The predicted octanol–water partition coefficient (Wildman–Crippen LogP) is 3.86. The molecule has 2 N–H and O–H groups in total. The molecular weight excluding hydrogens is 346 g/mol. The highest BCUT2D eigenvalue weighted by Gasteiger charge is 2.23. The number of rotatable bonds is 5. The number of hydrogen-bond donors (Lipinski definition) is 1. The smallest absolute Gasteiger partial charge is 0.250 e. The maximum atomic E-state index is 11.8. The zero-order valence-corrected chi connectivity index (χ0v) is 15.5. The lowest BCUT2D eigenvalue weighted by Crippen LogP contribution is -2.18. The molecule has 1 saturated heterocycles. The van der Waals surface area contributed by atoms with Gasteiger partial charge in [0, 0.05) is 29.8 Å². The number of thiazole rings is 1. The maximum absolute atomic E-state index is 11.8. The highest BCUT2D eigenvalue weighted by atomic mass is 32.1. The maximum Gasteiger partial charge on any atom is 0.250 e. The van der Waals surface area contributed by atoms with Gasteiger partial charge in [0.15, 0.2) is 0 Å². The highest BCUT2D eigenvalue weighted by Crippen LogP contribution is 2.32. The van der Waals surface area contributed by atoms with Crippen molar-refractivity contribution in [3.05, 3.63) is 53.0 Å². The fourth-order valence-corrected chi connectivity index (χ4v) is 4.26. The third-order valence-electron chi connectivity index (χ3n) is 4.83. The van der Waals surface area contributed by atoms with Crippen LogP contribution in [0.25, 0.3) is 22.0 Å². The molecule has 1 aliphatic heterocycles. The molecule has 0 aliphatic carbocycles. The lowest BCUT2D eigenvalue weighted by atomic mass is 10.2. The molecule has 3 aromatic rings. The third-order valence-corrected chi connectivity index (χ3v) is 5.72. The molecule has 134 valence electrons. The Kier molecular flexibility index (Phi) is 4.61. The Labute approximate surface area is 156 Å². The standard InChI is InChI=1S/C20H21N3O2S/c1-13-16(19(21)24)10-18(23(13)11-15-8-5-9-25-15)17-12-26-20(22-17)14-6-3-2-4-7-14/h2-4,6-7,10,12,15H,5,8-9,11H2,1H3,(H2,21,24). The van der Waals surface area contributed by atoms with Crippen LogP contribution in [0.15, 0.2) is 41.8 Å². The minimum Gasteiger partial charge on any atom is -0.376 e. The van der Waals surface area contributed by atoms with E-state index in [0.717, 1.165) is 47.1 Å². The van der Waals surface area contributed by atoms with Crippen molar-refractivity contribution in [1.29, 1.82) is 0 Å². The largest absolute Gasteiger partial charge is 0.376 e. The lowest BCUT2D eigenvalue weighted by molar-refractivity contribution is 0.0961. The van der Waals surface area contributed by atoms with Crippen LogP contribution in [0.5, 0.6) is 0 Å². The van der Waals surface area contributed by atoms with E-state index in [1.54, 1.807) is 11.3 Å². The van der Waals surface area contributed by atoms with E-state index >= 15 is 0 Å². The number of ether oxygens (including phenoxy) is 1. The summed E-state index contributed by atoms with van der Waals surface area (Å²) in [6.45, 7) is 3.45. The molecule has 1 unspecified atom stereocenters. The third kappa shape index (κ3) is 3.18. The lowest BCUT2D eigenvalue weighted by Gasteiger charge is -2.15. The second kappa shape index (κ2) is 7.05. The average molecular weight is 367 g/mol. The Balaban J connectivity index is 1.74. The molecule has 5 nitrogen and oxygen atoms in total. The summed E-state index contributed by atoms with van der Waals surface area (Å²) in [7, 11) is 0.